The van der Waals surface area contributed by atoms with Crippen LogP contribution in [-0.2, 0) is 9.59 Å². The molecule has 0 fully saturated rings. The van der Waals surface area contributed by atoms with Crippen LogP contribution in [0.3, 0.4) is 0 Å². The molecule has 2 nitrogen and oxygen atoms in total. The van der Waals surface area contributed by atoms with Gasteiger partial charge in [-0.05, 0) is 0 Å². The molecule has 0 spiro atoms. The van der Waals surface area contributed by atoms with E-state index in [1.54, 1.807) is 0 Å². The molecule has 1 rings (SSSR count). The second kappa shape index (κ2) is 3.36. The summed E-state index contributed by atoms with van der Waals surface area (Å²) in [6.45, 7) is 0. The Kier molecular flexibility index (Phi) is 2.55. The molecule has 0 amide bonds. The summed E-state index contributed by atoms with van der Waals surface area (Å²) < 4.78 is 51.4. The van der Waals surface area contributed by atoms with Crippen LogP contribution in [0.25, 0.3) is 0 Å². The molecule has 1 aliphatic carbocycles. The molecule has 0 aliphatic heterocycles. The number of aldehydes is 2. The second-order valence-electron chi connectivity index (χ2n) is 2.72. The lowest BCUT2D eigenvalue weighted by Gasteiger charge is -2.21. The van der Waals surface area contributed by atoms with Crippen LogP contribution in [0.15, 0.2) is 23.1 Å². The maximum atomic E-state index is 13.1. The Morgan fingerprint density at radius 3 is 2.21 bits per heavy atom. The minimum Gasteiger partial charge on any atom is -0.299 e. The van der Waals surface area contributed by atoms with E-state index >= 15 is 0 Å². The lowest BCUT2D eigenvalue weighted by Crippen LogP contribution is -2.30. The summed E-state index contributed by atoms with van der Waals surface area (Å²) >= 11 is 0. The van der Waals surface area contributed by atoms with Crippen molar-refractivity contribution < 1.29 is 27.2 Å². The Morgan fingerprint density at radius 1 is 1.21 bits per heavy atom. The maximum absolute atomic E-state index is 13.1. The van der Waals surface area contributed by atoms with Crippen LogP contribution in [0.2, 0.25) is 0 Å². The third-order valence-corrected chi connectivity index (χ3v) is 1.80. The quantitative estimate of drug-likeness (QED) is 0.512. The smallest absolute Gasteiger partial charge is 0.225 e. The van der Waals surface area contributed by atoms with Gasteiger partial charge in [0.1, 0.15) is 5.83 Å². The number of hydrogen-bond donors (Lipinski definition) is 0. The number of hydrogen-bond acceptors (Lipinski definition) is 2. The second-order valence-corrected chi connectivity index (χ2v) is 2.72. The lowest BCUT2D eigenvalue weighted by atomic mass is 9.92. The molecule has 0 aromatic heterocycles. The molecule has 0 saturated heterocycles. The van der Waals surface area contributed by atoms with Crippen molar-refractivity contribution in [2.24, 2.45) is 0 Å². The highest BCUT2D eigenvalue weighted by Gasteiger charge is 2.44. The summed E-state index contributed by atoms with van der Waals surface area (Å²) in [6, 6.07) is 0. The van der Waals surface area contributed by atoms with E-state index in [1.165, 1.54) is 0 Å². The first-order valence-electron chi connectivity index (χ1n) is 3.51. The number of rotatable bonds is 2. The zero-order chi connectivity index (χ0) is 10.9. The summed E-state index contributed by atoms with van der Waals surface area (Å²) in [5.41, 5.74) is -4.52. The van der Waals surface area contributed by atoms with Crippen LogP contribution < -0.4 is 0 Å². The molecule has 1 unspecified atom stereocenters. The lowest BCUT2D eigenvalue weighted by molar-refractivity contribution is -0.117. The highest BCUT2D eigenvalue weighted by molar-refractivity contribution is 5.83. The average Bonchev–Trinajstić information content (AvgIpc) is 2.15. The van der Waals surface area contributed by atoms with Crippen LogP contribution in [0.5, 0.6) is 0 Å². The topological polar surface area (TPSA) is 34.1 Å². The third-order valence-electron chi connectivity index (χ3n) is 1.80. The molecule has 0 aromatic rings. The largest absolute Gasteiger partial charge is 0.299 e. The van der Waals surface area contributed by atoms with Gasteiger partial charge in [0, 0.05) is 6.42 Å². The fraction of sp³-hybridized carbons (Fsp3) is 0.250. The predicted octanol–water partition coefficient (Wildman–Crippen LogP) is 1.87. The van der Waals surface area contributed by atoms with Gasteiger partial charge in [-0.15, -0.1) is 0 Å². The van der Waals surface area contributed by atoms with E-state index in [0.29, 0.717) is 0 Å². The van der Waals surface area contributed by atoms with Gasteiger partial charge in [0.25, 0.3) is 0 Å². The fourth-order valence-corrected chi connectivity index (χ4v) is 1.03. The van der Waals surface area contributed by atoms with Gasteiger partial charge >= 0.3 is 0 Å². The number of carbonyl (C=O) groups excluding carboxylic acids is 2. The van der Waals surface area contributed by atoms with Crippen LogP contribution in [0.1, 0.15) is 6.42 Å². The fourth-order valence-electron chi connectivity index (χ4n) is 1.03. The predicted molar refractivity (Wildman–Crippen MR) is 38.0 cm³/mol. The van der Waals surface area contributed by atoms with Crippen LogP contribution in [0, 0.1) is 0 Å². The summed E-state index contributed by atoms with van der Waals surface area (Å²) in [6.07, 6.45) is -2.10. The Balaban J connectivity index is 3.32. The van der Waals surface area contributed by atoms with Crippen molar-refractivity contribution in [1.29, 1.82) is 0 Å². The van der Waals surface area contributed by atoms with E-state index in [4.69, 9.17) is 0 Å². The van der Waals surface area contributed by atoms with Crippen molar-refractivity contribution in [3.63, 3.8) is 0 Å². The van der Waals surface area contributed by atoms with Gasteiger partial charge in [-0.2, -0.15) is 0 Å². The highest BCUT2D eigenvalue weighted by atomic mass is 19.2. The van der Waals surface area contributed by atoms with Gasteiger partial charge < -0.3 is 0 Å². The Bertz CT molecular complexity index is 358. The first kappa shape index (κ1) is 10.6. The van der Waals surface area contributed by atoms with Gasteiger partial charge in [0.15, 0.2) is 24.2 Å². The van der Waals surface area contributed by atoms with Crippen LogP contribution >= 0.6 is 0 Å². The molecule has 0 saturated carbocycles. The van der Waals surface area contributed by atoms with Gasteiger partial charge in [-0.3, -0.25) is 9.59 Å². The molecule has 14 heavy (non-hydrogen) atoms. The Labute approximate surface area is 75.9 Å². The third kappa shape index (κ3) is 1.36. The van der Waals surface area contributed by atoms with Gasteiger partial charge in [-0.25, -0.2) is 17.6 Å². The van der Waals surface area contributed by atoms with Gasteiger partial charge in [-0.1, -0.05) is 0 Å². The van der Waals surface area contributed by atoms with E-state index < -0.39 is 41.4 Å². The zero-order valence-corrected chi connectivity index (χ0v) is 6.69. The molecular weight excluding hydrogens is 204 g/mol. The summed E-state index contributed by atoms with van der Waals surface area (Å²) in [4.78, 5) is 20.2. The molecule has 6 heteroatoms. The first-order chi connectivity index (χ1) is 6.46. The molecule has 1 aliphatic rings. The summed E-state index contributed by atoms with van der Waals surface area (Å²) in [5, 5.41) is 0. The van der Waals surface area contributed by atoms with E-state index in [-0.39, 0.29) is 6.29 Å². The molecule has 0 N–H and O–H groups in total. The van der Waals surface area contributed by atoms with Gasteiger partial charge in [0.05, 0.1) is 5.57 Å². The highest BCUT2D eigenvalue weighted by Crippen LogP contribution is 2.40. The number of halogens is 4. The molecular formula is C8H4F4O2. The Morgan fingerprint density at radius 2 is 1.79 bits per heavy atom. The van der Waals surface area contributed by atoms with E-state index in [1.807, 2.05) is 0 Å². The SMILES string of the molecule is O=CC1=C(F)CC(F)(C=O)C(F)=C1F. The molecule has 0 heterocycles. The number of carbonyl (C=O) groups is 2. The van der Waals surface area contributed by atoms with Crippen LogP contribution in [0.4, 0.5) is 17.6 Å². The first-order valence-corrected chi connectivity index (χ1v) is 3.51. The Hall–Kier alpha value is -1.46. The van der Waals surface area contributed by atoms with Gasteiger partial charge in [0.2, 0.25) is 5.67 Å². The normalized spacial score (nSPS) is 28.0. The zero-order valence-electron chi connectivity index (χ0n) is 6.69. The van der Waals surface area contributed by atoms with E-state index in [2.05, 4.69) is 0 Å². The monoisotopic (exact) mass is 208 g/mol. The average molecular weight is 208 g/mol. The van der Waals surface area contributed by atoms with Crippen LogP contribution in [-0.4, -0.2) is 18.2 Å². The maximum Gasteiger partial charge on any atom is 0.225 e. The van der Waals surface area contributed by atoms with Crippen molar-refractivity contribution in [3.8, 4) is 0 Å². The molecule has 0 bridgehead atoms. The molecule has 1 atom stereocenters. The van der Waals surface area contributed by atoms with E-state index in [0.717, 1.165) is 0 Å². The summed E-state index contributed by atoms with van der Waals surface area (Å²) in [5.74, 6) is -5.50. The summed E-state index contributed by atoms with van der Waals surface area (Å²) in [7, 11) is 0. The van der Waals surface area contributed by atoms with Crippen molar-refractivity contribution in [3.05, 3.63) is 23.1 Å². The minimum absolute atomic E-state index is 0.269. The number of allylic oxidation sites excluding steroid dienone is 4. The van der Waals surface area contributed by atoms with Crippen molar-refractivity contribution in [2.75, 3.05) is 0 Å². The number of alkyl halides is 1. The van der Waals surface area contributed by atoms with Crippen molar-refractivity contribution in [1.82, 2.24) is 0 Å². The molecule has 76 valence electrons. The van der Waals surface area contributed by atoms with Crippen molar-refractivity contribution in [2.45, 2.75) is 12.1 Å². The van der Waals surface area contributed by atoms with Crippen molar-refractivity contribution >= 4 is 12.6 Å². The van der Waals surface area contributed by atoms with E-state index in [9.17, 15) is 27.2 Å². The minimum atomic E-state index is -3.33. The molecule has 0 aromatic carbocycles. The standard InChI is InChI=1S/C8H4F4O2/c9-5-1-8(12,3-14)7(11)6(10)4(5)2-13/h2-3H,1H2. The molecule has 0 radical (unpaired) electrons.